The van der Waals surface area contributed by atoms with Crippen LogP contribution in [0.1, 0.15) is 45.1 Å². The van der Waals surface area contributed by atoms with Crippen LogP contribution in [0.5, 0.6) is 0 Å². The van der Waals surface area contributed by atoms with Gasteiger partial charge in [0.1, 0.15) is 0 Å². The molecule has 0 heterocycles. The largest absolute Gasteiger partial charge is 0.372 e. The summed E-state index contributed by atoms with van der Waals surface area (Å²) in [6, 6.07) is 8.52. The Morgan fingerprint density at radius 2 is 1.68 bits per heavy atom. The van der Waals surface area contributed by atoms with E-state index in [9.17, 15) is 4.79 Å². The van der Waals surface area contributed by atoms with Crippen molar-refractivity contribution in [2.45, 2.75) is 39.5 Å². The van der Waals surface area contributed by atoms with Crippen LogP contribution in [-0.4, -0.2) is 18.9 Å². The summed E-state index contributed by atoms with van der Waals surface area (Å²) in [7, 11) is 0. The summed E-state index contributed by atoms with van der Waals surface area (Å²) in [6.07, 6.45) is 5.93. The molecule has 0 N–H and O–H groups in total. The van der Waals surface area contributed by atoms with E-state index in [0.29, 0.717) is 5.78 Å². The summed E-state index contributed by atoms with van der Waals surface area (Å²) in [5.74, 6) is 0.332. The number of carbonyl (C=O) groups excluding carboxylic acids is 1. The van der Waals surface area contributed by atoms with Crippen molar-refractivity contribution in [2.75, 3.05) is 18.0 Å². The van der Waals surface area contributed by atoms with Crippen molar-refractivity contribution in [3.63, 3.8) is 0 Å². The number of nitrogens with zero attached hydrogens (tertiary/aromatic N) is 1. The molecule has 0 aliphatic heterocycles. The third-order valence-electron chi connectivity index (χ3n) is 3.82. The minimum Gasteiger partial charge on any atom is -0.372 e. The van der Waals surface area contributed by atoms with Gasteiger partial charge < -0.3 is 4.90 Å². The van der Waals surface area contributed by atoms with E-state index in [4.69, 9.17) is 0 Å². The molecule has 0 atom stereocenters. The second kappa shape index (κ2) is 6.55. The number of rotatable bonds is 4. The van der Waals surface area contributed by atoms with Gasteiger partial charge in [0.15, 0.2) is 5.78 Å². The highest BCUT2D eigenvalue weighted by atomic mass is 16.1. The van der Waals surface area contributed by atoms with E-state index in [1.165, 1.54) is 5.69 Å². The van der Waals surface area contributed by atoms with E-state index in [-0.39, 0.29) is 0 Å². The second-order valence-electron chi connectivity index (χ2n) is 5.06. The van der Waals surface area contributed by atoms with Crippen LogP contribution >= 0.6 is 0 Å². The molecular weight excluding hydrogens is 234 g/mol. The fourth-order valence-corrected chi connectivity index (χ4v) is 2.62. The van der Waals surface area contributed by atoms with E-state index >= 15 is 0 Å². The van der Waals surface area contributed by atoms with E-state index < -0.39 is 0 Å². The van der Waals surface area contributed by atoms with Crippen LogP contribution in [0.4, 0.5) is 5.69 Å². The van der Waals surface area contributed by atoms with Crippen LogP contribution in [0, 0.1) is 0 Å². The third kappa shape index (κ3) is 3.46. The number of anilines is 1. The normalized spacial score (nSPS) is 17.8. The van der Waals surface area contributed by atoms with Crippen LogP contribution in [0.2, 0.25) is 0 Å². The van der Waals surface area contributed by atoms with Crippen molar-refractivity contribution in [3.05, 3.63) is 35.4 Å². The molecule has 1 aliphatic rings. The summed E-state index contributed by atoms with van der Waals surface area (Å²) < 4.78 is 0. The third-order valence-corrected chi connectivity index (χ3v) is 3.82. The monoisotopic (exact) mass is 257 g/mol. The number of benzene rings is 1. The van der Waals surface area contributed by atoms with Gasteiger partial charge in [0.25, 0.3) is 0 Å². The first-order valence-corrected chi connectivity index (χ1v) is 7.33. The molecule has 1 saturated carbocycles. The lowest BCUT2D eigenvalue weighted by Crippen LogP contribution is -2.21. The van der Waals surface area contributed by atoms with Gasteiger partial charge in [0, 0.05) is 25.2 Å². The van der Waals surface area contributed by atoms with Crippen molar-refractivity contribution in [1.29, 1.82) is 0 Å². The van der Waals surface area contributed by atoms with E-state index in [2.05, 4.69) is 49.1 Å². The Balaban J connectivity index is 2.14. The lowest BCUT2D eigenvalue weighted by molar-refractivity contribution is -0.116. The first-order valence-electron chi connectivity index (χ1n) is 7.33. The Kier molecular flexibility index (Phi) is 4.78. The number of ketones is 1. The first-order chi connectivity index (χ1) is 9.24. The smallest absolute Gasteiger partial charge is 0.158 e. The van der Waals surface area contributed by atoms with Gasteiger partial charge in [0.2, 0.25) is 0 Å². The molecule has 1 aliphatic carbocycles. The topological polar surface area (TPSA) is 20.3 Å². The second-order valence-corrected chi connectivity index (χ2v) is 5.06. The van der Waals surface area contributed by atoms with Gasteiger partial charge >= 0.3 is 0 Å². The van der Waals surface area contributed by atoms with Crippen molar-refractivity contribution < 1.29 is 4.79 Å². The zero-order chi connectivity index (χ0) is 13.7. The van der Waals surface area contributed by atoms with E-state index in [0.717, 1.165) is 49.9 Å². The Hall–Kier alpha value is -1.57. The zero-order valence-corrected chi connectivity index (χ0v) is 12.0. The fourth-order valence-electron chi connectivity index (χ4n) is 2.62. The van der Waals surface area contributed by atoms with Crippen molar-refractivity contribution in [2.24, 2.45) is 0 Å². The number of hydrogen-bond acceptors (Lipinski definition) is 2. The fraction of sp³-hybridized carbons (Fsp3) is 0.471. The molecule has 1 fully saturated rings. The SMILES string of the molecule is CCN(CC)c1ccc(C=C2CCCCC2=O)cc1. The van der Waals surface area contributed by atoms with Crippen molar-refractivity contribution in [1.82, 2.24) is 0 Å². The Morgan fingerprint density at radius 1 is 1.05 bits per heavy atom. The standard InChI is InChI=1S/C17H23NO/c1-3-18(4-2)16-11-9-14(10-12-16)13-15-7-5-6-8-17(15)19/h9-13H,3-8H2,1-2H3. The molecule has 1 aromatic carbocycles. The van der Waals surface area contributed by atoms with Gasteiger partial charge in [-0.15, -0.1) is 0 Å². The van der Waals surface area contributed by atoms with Crippen molar-refractivity contribution in [3.8, 4) is 0 Å². The lowest BCUT2D eigenvalue weighted by Gasteiger charge is -2.21. The number of Topliss-reactive ketones (excluding diaryl/α,β-unsaturated/α-hetero) is 1. The first kappa shape index (κ1) is 13.9. The maximum Gasteiger partial charge on any atom is 0.158 e. The van der Waals surface area contributed by atoms with E-state index in [1.807, 2.05) is 0 Å². The number of hydrogen-bond donors (Lipinski definition) is 0. The molecule has 0 spiro atoms. The average molecular weight is 257 g/mol. The molecule has 0 aromatic heterocycles. The van der Waals surface area contributed by atoms with Gasteiger partial charge in [-0.3, -0.25) is 4.79 Å². The molecule has 2 nitrogen and oxygen atoms in total. The van der Waals surface area contributed by atoms with Gasteiger partial charge in [-0.2, -0.15) is 0 Å². The highest BCUT2D eigenvalue weighted by Gasteiger charge is 2.14. The number of carbonyl (C=O) groups is 1. The van der Waals surface area contributed by atoms with Crippen LogP contribution in [-0.2, 0) is 4.79 Å². The van der Waals surface area contributed by atoms with Crippen LogP contribution in [0.25, 0.3) is 6.08 Å². The molecule has 2 heteroatoms. The molecule has 0 saturated heterocycles. The molecule has 102 valence electrons. The molecule has 0 unspecified atom stereocenters. The molecule has 0 amide bonds. The summed E-state index contributed by atoms with van der Waals surface area (Å²) in [4.78, 5) is 14.1. The maximum atomic E-state index is 11.8. The van der Waals surface area contributed by atoms with Crippen LogP contribution in [0.15, 0.2) is 29.8 Å². The summed E-state index contributed by atoms with van der Waals surface area (Å²) in [6.45, 7) is 6.38. The maximum absolute atomic E-state index is 11.8. The predicted molar refractivity (Wildman–Crippen MR) is 81.5 cm³/mol. The summed E-state index contributed by atoms with van der Waals surface area (Å²) in [5.41, 5.74) is 3.39. The Morgan fingerprint density at radius 3 is 2.26 bits per heavy atom. The van der Waals surface area contributed by atoms with Crippen LogP contribution in [0.3, 0.4) is 0 Å². The molecule has 2 rings (SSSR count). The molecule has 1 aromatic rings. The molecule has 0 bridgehead atoms. The highest BCUT2D eigenvalue weighted by Crippen LogP contribution is 2.23. The Labute approximate surface area is 116 Å². The van der Waals surface area contributed by atoms with Gasteiger partial charge in [-0.25, -0.2) is 0 Å². The molecule has 0 radical (unpaired) electrons. The minimum atomic E-state index is 0.332. The number of allylic oxidation sites excluding steroid dienone is 1. The lowest BCUT2D eigenvalue weighted by atomic mass is 9.92. The van der Waals surface area contributed by atoms with E-state index in [1.54, 1.807) is 0 Å². The van der Waals surface area contributed by atoms with Gasteiger partial charge in [0.05, 0.1) is 0 Å². The Bertz CT molecular complexity index is 455. The summed E-state index contributed by atoms with van der Waals surface area (Å²) in [5, 5.41) is 0. The zero-order valence-electron chi connectivity index (χ0n) is 12.0. The quantitative estimate of drug-likeness (QED) is 0.758. The molecular formula is C17H23NO. The predicted octanol–water partition coefficient (Wildman–Crippen LogP) is 4.06. The minimum absolute atomic E-state index is 0.332. The van der Waals surface area contributed by atoms with Crippen LogP contribution < -0.4 is 4.90 Å². The summed E-state index contributed by atoms with van der Waals surface area (Å²) >= 11 is 0. The molecule has 19 heavy (non-hydrogen) atoms. The highest BCUT2D eigenvalue weighted by molar-refractivity contribution is 6.00. The van der Waals surface area contributed by atoms with Gasteiger partial charge in [-0.1, -0.05) is 12.1 Å². The van der Waals surface area contributed by atoms with Crippen molar-refractivity contribution >= 4 is 17.5 Å². The average Bonchev–Trinajstić information content (AvgIpc) is 2.44. The van der Waals surface area contributed by atoms with Gasteiger partial charge in [-0.05, 0) is 62.5 Å².